The molecule has 6 nitrogen and oxygen atoms in total. The Balaban J connectivity index is 2.09. The van der Waals surface area contributed by atoms with Gasteiger partial charge in [-0.15, -0.1) is 0 Å². The number of hydrogen-bond acceptors (Lipinski definition) is 5. The van der Waals surface area contributed by atoms with Crippen LogP contribution in [-0.4, -0.2) is 36.2 Å². The van der Waals surface area contributed by atoms with Crippen LogP contribution in [0, 0.1) is 5.92 Å². The Morgan fingerprint density at radius 2 is 2.06 bits per heavy atom. The number of phenolic OH excluding ortho intramolecular Hbond substituents is 1. The van der Waals surface area contributed by atoms with E-state index in [1.165, 1.54) is 12.7 Å². The van der Waals surface area contributed by atoms with E-state index in [2.05, 4.69) is 43.8 Å². The van der Waals surface area contributed by atoms with Gasteiger partial charge in [0.2, 0.25) is 0 Å². The molecule has 170 valence electrons. The number of aromatic hydroxyl groups is 1. The third kappa shape index (κ3) is 4.73. The SMILES string of the molecule is CCCCCc1cc2c(c(O)c1C(=O)NCC(=O)OC)C1C=C(C)CCC1C(C)(C)O2. The predicted molar refractivity (Wildman–Crippen MR) is 120 cm³/mol. The lowest BCUT2D eigenvalue weighted by atomic mass is 9.67. The highest BCUT2D eigenvalue weighted by atomic mass is 16.5. The first-order valence-electron chi connectivity index (χ1n) is 11.3. The first-order chi connectivity index (χ1) is 14.7. The zero-order valence-electron chi connectivity index (χ0n) is 19.3. The van der Waals surface area contributed by atoms with Crippen LogP contribution in [0.2, 0.25) is 0 Å². The van der Waals surface area contributed by atoms with E-state index >= 15 is 0 Å². The van der Waals surface area contributed by atoms with Crippen LogP contribution >= 0.6 is 0 Å². The molecule has 0 aromatic heterocycles. The second-order valence-electron chi connectivity index (χ2n) is 9.28. The normalized spacial score (nSPS) is 21.3. The summed E-state index contributed by atoms with van der Waals surface area (Å²) in [5.41, 5.74) is 2.60. The summed E-state index contributed by atoms with van der Waals surface area (Å²) in [5, 5.41) is 14.0. The van der Waals surface area contributed by atoms with Crippen LogP contribution in [0.4, 0.5) is 0 Å². The summed E-state index contributed by atoms with van der Waals surface area (Å²) in [4.78, 5) is 24.6. The van der Waals surface area contributed by atoms with Crippen molar-refractivity contribution >= 4 is 11.9 Å². The second kappa shape index (κ2) is 9.33. The van der Waals surface area contributed by atoms with Crippen molar-refractivity contribution in [3.63, 3.8) is 0 Å². The molecular formula is C25H35NO5. The Hall–Kier alpha value is -2.50. The first-order valence-corrected chi connectivity index (χ1v) is 11.3. The van der Waals surface area contributed by atoms with Crippen LogP contribution in [0.3, 0.4) is 0 Å². The van der Waals surface area contributed by atoms with E-state index < -0.39 is 11.9 Å². The van der Waals surface area contributed by atoms with Crippen molar-refractivity contribution in [2.75, 3.05) is 13.7 Å². The summed E-state index contributed by atoms with van der Waals surface area (Å²) in [5.74, 6) is -0.159. The number of carbonyl (C=O) groups excluding carboxylic acids is 2. The molecular weight excluding hydrogens is 394 g/mol. The van der Waals surface area contributed by atoms with Crippen LogP contribution in [0.25, 0.3) is 0 Å². The lowest BCUT2D eigenvalue weighted by Crippen LogP contribution is -2.45. The molecule has 2 atom stereocenters. The molecule has 1 aromatic rings. The van der Waals surface area contributed by atoms with E-state index in [9.17, 15) is 14.7 Å². The molecule has 3 rings (SSSR count). The molecule has 6 heteroatoms. The molecule has 0 saturated carbocycles. The summed E-state index contributed by atoms with van der Waals surface area (Å²) in [6.07, 6.45) is 7.83. The molecule has 1 amide bonds. The zero-order chi connectivity index (χ0) is 22.8. The fourth-order valence-corrected chi connectivity index (χ4v) is 4.94. The van der Waals surface area contributed by atoms with Gasteiger partial charge in [0.25, 0.3) is 5.91 Å². The highest BCUT2D eigenvalue weighted by molar-refractivity contribution is 6.00. The maximum absolute atomic E-state index is 13.0. The van der Waals surface area contributed by atoms with Crippen molar-refractivity contribution in [2.45, 2.75) is 77.7 Å². The monoisotopic (exact) mass is 429 g/mol. The lowest BCUT2D eigenvalue weighted by molar-refractivity contribution is -0.139. The number of nitrogens with one attached hydrogen (secondary N) is 1. The van der Waals surface area contributed by atoms with E-state index in [0.29, 0.717) is 17.7 Å². The number of hydrogen-bond donors (Lipinski definition) is 2. The van der Waals surface area contributed by atoms with Crippen molar-refractivity contribution in [3.05, 3.63) is 34.4 Å². The Labute approximate surface area is 185 Å². The van der Waals surface area contributed by atoms with E-state index in [0.717, 1.165) is 37.7 Å². The Bertz CT molecular complexity index is 886. The maximum atomic E-state index is 13.0. The summed E-state index contributed by atoms with van der Waals surface area (Å²) in [6, 6.07) is 1.92. The first kappa shape index (κ1) is 23.2. The van der Waals surface area contributed by atoms with Crippen LogP contribution in [0.1, 0.15) is 87.2 Å². The number of unbranched alkanes of at least 4 members (excludes halogenated alkanes) is 2. The molecule has 1 aliphatic carbocycles. The molecule has 2 unspecified atom stereocenters. The summed E-state index contributed by atoms with van der Waals surface area (Å²) in [7, 11) is 1.28. The van der Waals surface area contributed by atoms with Crippen LogP contribution in [0.5, 0.6) is 11.5 Å². The molecule has 2 aliphatic rings. The van der Waals surface area contributed by atoms with Gasteiger partial charge < -0.3 is 19.9 Å². The standard InChI is InChI=1S/C25H35NO5/c1-6-7-8-9-16-13-19-22(23(28)21(16)24(29)26-14-20(27)30-5)17-12-15(2)10-11-18(17)25(3,4)31-19/h12-13,17-18,28H,6-11,14H2,1-5H3,(H,26,29). The number of phenols is 1. The molecule has 0 bridgehead atoms. The number of ether oxygens (including phenoxy) is 2. The minimum Gasteiger partial charge on any atom is -0.507 e. The maximum Gasteiger partial charge on any atom is 0.325 e. The average Bonchev–Trinajstić information content (AvgIpc) is 2.71. The molecule has 31 heavy (non-hydrogen) atoms. The number of amides is 1. The van der Waals surface area contributed by atoms with E-state index in [1.54, 1.807) is 0 Å². The number of carbonyl (C=O) groups is 2. The molecule has 0 fully saturated rings. The lowest BCUT2D eigenvalue weighted by Gasteiger charge is -2.46. The topological polar surface area (TPSA) is 84.9 Å². The zero-order valence-corrected chi connectivity index (χ0v) is 19.3. The van der Waals surface area contributed by atoms with Gasteiger partial charge in [-0.25, -0.2) is 0 Å². The minimum atomic E-state index is -0.533. The predicted octanol–water partition coefficient (Wildman–Crippen LogP) is 4.64. The number of fused-ring (bicyclic) bond motifs is 3. The Morgan fingerprint density at radius 1 is 1.32 bits per heavy atom. The molecule has 1 aromatic carbocycles. The summed E-state index contributed by atoms with van der Waals surface area (Å²) < 4.78 is 11.0. The highest BCUT2D eigenvalue weighted by Gasteiger charge is 2.46. The Kier molecular flexibility index (Phi) is 6.97. The van der Waals surface area contributed by atoms with Gasteiger partial charge in [0.05, 0.1) is 12.7 Å². The molecule has 0 saturated heterocycles. The van der Waals surface area contributed by atoms with Crippen LogP contribution < -0.4 is 10.1 Å². The number of esters is 1. The number of rotatable bonds is 7. The number of methoxy groups -OCH3 is 1. The van der Waals surface area contributed by atoms with Gasteiger partial charge in [-0.1, -0.05) is 31.4 Å². The number of benzene rings is 1. The van der Waals surface area contributed by atoms with Gasteiger partial charge in [-0.3, -0.25) is 9.59 Å². The molecule has 1 heterocycles. The quantitative estimate of drug-likeness (QED) is 0.375. The van der Waals surface area contributed by atoms with Crippen molar-refractivity contribution in [1.82, 2.24) is 5.32 Å². The molecule has 0 spiro atoms. The fourth-order valence-electron chi connectivity index (χ4n) is 4.94. The van der Waals surface area contributed by atoms with Crippen molar-refractivity contribution < 1.29 is 24.2 Å². The van der Waals surface area contributed by atoms with Gasteiger partial charge in [-0.05, 0) is 58.1 Å². The number of aryl methyl sites for hydroxylation is 1. The third-order valence-electron chi connectivity index (χ3n) is 6.63. The van der Waals surface area contributed by atoms with Crippen molar-refractivity contribution in [1.29, 1.82) is 0 Å². The van der Waals surface area contributed by atoms with E-state index in [-0.39, 0.29) is 35.3 Å². The fraction of sp³-hybridized carbons (Fsp3) is 0.600. The van der Waals surface area contributed by atoms with Crippen molar-refractivity contribution in [3.8, 4) is 11.5 Å². The number of allylic oxidation sites excluding steroid dienone is 2. The van der Waals surface area contributed by atoms with Gasteiger partial charge in [0.1, 0.15) is 23.6 Å². The second-order valence-corrected chi connectivity index (χ2v) is 9.28. The summed E-state index contributed by atoms with van der Waals surface area (Å²) in [6.45, 7) is 8.20. The van der Waals surface area contributed by atoms with Crippen LogP contribution in [-0.2, 0) is 16.0 Å². The van der Waals surface area contributed by atoms with E-state index in [1.807, 2.05) is 6.07 Å². The van der Waals surface area contributed by atoms with E-state index in [4.69, 9.17) is 4.74 Å². The van der Waals surface area contributed by atoms with Gasteiger partial charge >= 0.3 is 5.97 Å². The molecule has 0 radical (unpaired) electrons. The minimum absolute atomic E-state index is 0.00986. The average molecular weight is 430 g/mol. The largest absolute Gasteiger partial charge is 0.507 e. The van der Waals surface area contributed by atoms with Gasteiger partial charge in [-0.2, -0.15) is 0 Å². The smallest absolute Gasteiger partial charge is 0.325 e. The third-order valence-corrected chi connectivity index (χ3v) is 6.63. The molecule has 1 aliphatic heterocycles. The highest BCUT2D eigenvalue weighted by Crippen LogP contribution is 2.54. The van der Waals surface area contributed by atoms with Crippen molar-refractivity contribution in [2.24, 2.45) is 5.92 Å². The van der Waals surface area contributed by atoms with Gasteiger partial charge in [0.15, 0.2) is 0 Å². The Morgan fingerprint density at radius 3 is 2.74 bits per heavy atom. The summed E-state index contributed by atoms with van der Waals surface area (Å²) >= 11 is 0. The van der Waals surface area contributed by atoms with Gasteiger partial charge in [0, 0.05) is 17.4 Å². The van der Waals surface area contributed by atoms with Crippen LogP contribution in [0.15, 0.2) is 17.7 Å². The molecule has 2 N–H and O–H groups in total.